The highest BCUT2D eigenvalue weighted by atomic mass is 16.5. The summed E-state index contributed by atoms with van der Waals surface area (Å²) in [6.07, 6.45) is 0. The second-order valence-corrected chi connectivity index (χ2v) is 8.56. The van der Waals surface area contributed by atoms with Gasteiger partial charge in [-0.15, -0.1) is 0 Å². The summed E-state index contributed by atoms with van der Waals surface area (Å²) < 4.78 is 5.45. The van der Waals surface area contributed by atoms with Crippen molar-refractivity contribution in [1.29, 1.82) is 5.26 Å². The number of methoxy groups -OCH3 is 1. The minimum Gasteiger partial charge on any atom is -0.495 e. The molecular weight excluding hydrogens is 404 g/mol. The first-order valence-corrected chi connectivity index (χ1v) is 10.8. The number of hydrogen-bond acceptors (Lipinski definition) is 5. The van der Waals surface area contributed by atoms with Crippen LogP contribution in [0.2, 0.25) is 0 Å². The number of ether oxygens (including phenoxy) is 1. The lowest BCUT2D eigenvalue weighted by molar-refractivity contribution is 0.0790. The molecule has 1 atom stereocenters. The lowest BCUT2D eigenvalue weighted by atomic mass is 9.78. The highest BCUT2D eigenvalue weighted by Gasteiger charge is 2.36. The fraction of sp³-hybridized carbons (Fsp3) is 0.400. The molecule has 0 aliphatic carbocycles. The van der Waals surface area contributed by atoms with E-state index in [2.05, 4.69) is 16.3 Å². The monoisotopic (exact) mass is 434 g/mol. The van der Waals surface area contributed by atoms with Crippen LogP contribution in [0.3, 0.4) is 0 Å². The molecule has 0 bridgehead atoms. The Morgan fingerprint density at radius 3 is 2.28 bits per heavy atom. The Labute approximate surface area is 189 Å². The zero-order chi connectivity index (χ0) is 23.3. The quantitative estimate of drug-likeness (QED) is 0.701. The maximum Gasteiger partial charge on any atom is 0.317 e. The van der Waals surface area contributed by atoms with Gasteiger partial charge >= 0.3 is 6.03 Å². The minimum atomic E-state index is -0.803. The Balaban J connectivity index is 1.59. The van der Waals surface area contributed by atoms with Crippen LogP contribution in [-0.2, 0) is 0 Å². The number of nitrogens with one attached hydrogen (secondary N) is 1. The van der Waals surface area contributed by atoms with Gasteiger partial charge < -0.3 is 19.9 Å². The highest BCUT2D eigenvalue weighted by molar-refractivity contribution is 6.00. The van der Waals surface area contributed by atoms with Crippen molar-refractivity contribution >= 4 is 17.5 Å². The first-order chi connectivity index (χ1) is 15.3. The van der Waals surface area contributed by atoms with E-state index in [1.165, 1.54) is 0 Å². The molecule has 1 fully saturated rings. The summed E-state index contributed by atoms with van der Waals surface area (Å²) >= 11 is 0. The van der Waals surface area contributed by atoms with Gasteiger partial charge in [-0.05, 0) is 31.2 Å². The maximum atomic E-state index is 13.1. The summed E-state index contributed by atoms with van der Waals surface area (Å²) in [4.78, 5) is 29.9. The number of amides is 2. The van der Waals surface area contributed by atoms with E-state index >= 15 is 0 Å². The molecule has 1 unspecified atom stereocenters. The van der Waals surface area contributed by atoms with Crippen molar-refractivity contribution in [3.05, 3.63) is 59.7 Å². The second kappa shape index (κ2) is 9.73. The van der Waals surface area contributed by atoms with E-state index in [4.69, 9.17) is 10.00 Å². The van der Waals surface area contributed by atoms with Gasteiger partial charge in [0.25, 0.3) is 0 Å². The molecule has 32 heavy (non-hydrogen) atoms. The Morgan fingerprint density at radius 1 is 1.06 bits per heavy atom. The van der Waals surface area contributed by atoms with Crippen molar-refractivity contribution in [2.24, 2.45) is 5.41 Å². The smallest absolute Gasteiger partial charge is 0.317 e. The van der Waals surface area contributed by atoms with Crippen molar-refractivity contribution in [2.45, 2.75) is 26.8 Å². The number of piperazine rings is 1. The van der Waals surface area contributed by atoms with Gasteiger partial charge in [-0.1, -0.05) is 38.1 Å². The molecule has 1 aliphatic rings. The predicted molar refractivity (Wildman–Crippen MR) is 124 cm³/mol. The van der Waals surface area contributed by atoms with Crippen LogP contribution in [0, 0.1) is 16.7 Å². The third-order valence-corrected chi connectivity index (χ3v) is 6.28. The number of carbonyl (C=O) groups excluding carboxylic acids is 2. The molecule has 1 heterocycles. The van der Waals surface area contributed by atoms with Crippen LogP contribution in [-0.4, -0.2) is 56.0 Å². The van der Waals surface area contributed by atoms with Crippen LogP contribution >= 0.6 is 0 Å². The molecule has 7 nitrogen and oxygen atoms in total. The largest absolute Gasteiger partial charge is 0.495 e. The Bertz CT molecular complexity index is 1000. The standard InChI is InChI=1S/C25H30N4O3/c1-18(25(2,3)23(30)20-11-9-19(17-26)10-12-20)27-24(31)29-15-13-28(14-16-29)21-7-5-6-8-22(21)32-4/h5-12,18H,13-16H2,1-4H3,(H,27,31). The van der Waals surface area contributed by atoms with Gasteiger partial charge in [-0.25, -0.2) is 4.79 Å². The van der Waals surface area contributed by atoms with Gasteiger partial charge in [0, 0.05) is 43.2 Å². The lowest BCUT2D eigenvalue weighted by Crippen LogP contribution is -2.56. The molecule has 1 aliphatic heterocycles. The van der Waals surface area contributed by atoms with Crippen molar-refractivity contribution in [1.82, 2.24) is 10.2 Å². The molecule has 1 saturated heterocycles. The number of hydrogen-bond donors (Lipinski definition) is 1. The number of benzene rings is 2. The first-order valence-electron chi connectivity index (χ1n) is 10.8. The lowest BCUT2D eigenvalue weighted by Gasteiger charge is -2.38. The first kappa shape index (κ1) is 23.1. The minimum absolute atomic E-state index is 0.0734. The molecule has 2 aromatic rings. The molecular formula is C25H30N4O3. The summed E-state index contributed by atoms with van der Waals surface area (Å²) in [5.74, 6) is 0.748. The highest BCUT2D eigenvalue weighted by Crippen LogP contribution is 2.29. The van der Waals surface area contributed by atoms with Gasteiger partial charge in [0.15, 0.2) is 5.78 Å². The van der Waals surface area contributed by atoms with Crippen LogP contribution < -0.4 is 15.0 Å². The third-order valence-electron chi connectivity index (χ3n) is 6.28. The van der Waals surface area contributed by atoms with Gasteiger partial charge in [-0.2, -0.15) is 5.26 Å². The van der Waals surface area contributed by atoms with E-state index in [1.54, 1.807) is 36.3 Å². The molecule has 3 rings (SSSR count). The second-order valence-electron chi connectivity index (χ2n) is 8.56. The van der Waals surface area contributed by atoms with Crippen LogP contribution in [0.15, 0.2) is 48.5 Å². The van der Waals surface area contributed by atoms with Gasteiger partial charge in [0.1, 0.15) is 5.75 Å². The summed E-state index contributed by atoms with van der Waals surface area (Å²) in [6, 6.07) is 16.0. The average Bonchev–Trinajstić information content (AvgIpc) is 2.83. The molecule has 0 saturated carbocycles. The van der Waals surface area contributed by atoms with Gasteiger partial charge in [0.05, 0.1) is 24.4 Å². The summed E-state index contributed by atoms with van der Waals surface area (Å²) in [5.41, 5.74) is 1.26. The van der Waals surface area contributed by atoms with Crippen LogP contribution in [0.1, 0.15) is 36.7 Å². The van der Waals surface area contributed by atoms with Crippen molar-refractivity contribution in [3.63, 3.8) is 0 Å². The molecule has 0 radical (unpaired) electrons. The fourth-order valence-corrected chi connectivity index (χ4v) is 3.76. The molecule has 7 heteroatoms. The number of urea groups is 1. The van der Waals surface area contributed by atoms with Crippen molar-refractivity contribution in [2.75, 3.05) is 38.2 Å². The van der Waals surface area contributed by atoms with Gasteiger partial charge in [-0.3, -0.25) is 4.79 Å². The normalized spacial score (nSPS) is 15.0. The summed E-state index contributed by atoms with van der Waals surface area (Å²) in [5, 5.41) is 12.0. The molecule has 2 amide bonds. The molecule has 1 N–H and O–H groups in total. The topological polar surface area (TPSA) is 85.7 Å². The Kier molecular flexibility index (Phi) is 7.04. The van der Waals surface area contributed by atoms with E-state index in [0.717, 1.165) is 11.4 Å². The van der Waals surface area contributed by atoms with Crippen molar-refractivity contribution in [3.8, 4) is 11.8 Å². The number of Topliss-reactive ketones (excluding diaryl/α,β-unsaturated/α-hetero) is 1. The maximum absolute atomic E-state index is 13.1. The van der Waals surface area contributed by atoms with Gasteiger partial charge in [0.2, 0.25) is 0 Å². The number of carbonyl (C=O) groups is 2. The zero-order valence-corrected chi connectivity index (χ0v) is 19.1. The van der Waals surface area contributed by atoms with E-state index in [-0.39, 0.29) is 17.9 Å². The summed E-state index contributed by atoms with van der Waals surface area (Å²) in [7, 11) is 1.66. The van der Waals surface area contributed by atoms with E-state index in [0.29, 0.717) is 37.3 Å². The van der Waals surface area contributed by atoms with E-state index in [9.17, 15) is 9.59 Å². The van der Waals surface area contributed by atoms with Crippen molar-refractivity contribution < 1.29 is 14.3 Å². The van der Waals surface area contributed by atoms with Crippen LogP contribution in [0.4, 0.5) is 10.5 Å². The van der Waals surface area contributed by atoms with E-state index in [1.807, 2.05) is 45.0 Å². The van der Waals surface area contributed by atoms with Crippen LogP contribution in [0.5, 0.6) is 5.75 Å². The van der Waals surface area contributed by atoms with E-state index < -0.39 is 5.41 Å². The molecule has 2 aromatic carbocycles. The predicted octanol–water partition coefficient (Wildman–Crippen LogP) is 3.70. The number of anilines is 1. The Morgan fingerprint density at radius 2 is 1.69 bits per heavy atom. The number of nitrogens with zero attached hydrogens (tertiary/aromatic N) is 3. The zero-order valence-electron chi connectivity index (χ0n) is 19.1. The number of ketones is 1. The molecule has 0 aromatic heterocycles. The average molecular weight is 435 g/mol. The Hall–Kier alpha value is -3.53. The SMILES string of the molecule is COc1ccccc1N1CCN(C(=O)NC(C)C(C)(C)C(=O)c2ccc(C#N)cc2)CC1. The van der Waals surface area contributed by atoms with Crippen LogP contribution in [0.25, 0.3) is 0 Å². The number of rotatable bonds is 6. The number of nitriles is 1. The summed E-state index contributed by atoms with van der Waals surface area (Å²) in [6.45, 7) is 8.09. The fourth-order valence-electron chi connectivity index (χ4n) is 3.76. The molecule has 168 valence electrons. The molecule has 0 spiro atoms. The number of para-hydroxylation sites is 2. The third kappa shape index (κ3) is 4.86.